The normalized spacial score (nSPS) is 25.9. The molecule has 0 aliphatic carbocycles. The summed E-state index contributed by atoms with van der Waals surface area (Å²) in [6.45, 7) is 1.38. The average Bonchev–Trinajstić information content (AvgIpc) is 2.54. The Labute approximate surface area is 92.0 Å². The van der Waals surface area contributed by atoms with E-state index in [0.29, 0.717) is 6.54 Å². The van der Waals surface area contributed by atoms with Crippen molar-refractivity contribution in [3.8, 4) is 0 Å². The van der Waals surface area contributed by atoms with Gasteiger partial charge in [-0.25, -0.2) is 4.79 Å². The summed E-state index contributed by atoms with van der Waals surface area (Å²) in [4.78, 5) is 12.9. The van der Waals surface area contributed by atoms with Crippen LogP contribution in [0.1, 0.15) is 13.3 Å². The Hall–Kier alpha value is -0.980. The first-order valence-electron chi connectivity index (χ1n) is 5.16. The van der Waals surface area contributed by atoms with Gasteiger partial charge < -0.3 is 16.0 Å². The zero-order valence-electron chi connectivity index (χ0n) is 9.05. The van der Waals surface area contributed by atoms with E-state index in [1.54, 1.807) is 0 Å². The van der Waals surface area contributed by atoms with Gasteiger partial charge in [-0.2, -0.15) is 13.2 Å². The Bertz CT molecular complexity index is 257. The van der Waals surface area contributed by atoms with Crippen molar-refractivity contribution in [2.75, 3.05) is 19.6 Å². The fourth-order valence-electron chi connectivity index (χ4n) is 1.90. The Morgan fingerprint density at radius 1 is 1.56 bits per heavy atom. The van der Waals surface area contributed by atoms with Crippen LogP contribution in [0.2, 0.25) is 0 Å². The molecule has 0 aromatic rings. The number of carbonyl (C=O) groups excluding carboxylic acids is 1. The maximum atomic E-state index is 11.9. The van der Waals surface area contributed by atoms with Crippen LogP contribution in [0.4, 0.5) is 18.0 Å². The van der Waals surface area contributed by atoms with Gasteiger partial charge in [0.15, 0.2) is 0 Å². The summed E-state index contributed by atoms with van der Waals surface area (Å²) in [5.41, 5.74) is 5.49. The predicted octanol–water partition coefficient (Wildman–Crippen LogP) is 0.927. The first kappa shape index (κ1) is 13.1. The molecule has 0 aromatic carbocycles. The highest BCUT2D eigenvalue weighted by Gasteiger charge is 2.35. The van der Waals surface area contributed by atoms with Crippen molar-refractivity contribution in [3.05, 3.63) is 0 Å². The van der Waals surface area contributed by atoms with E-state index in [4.69, 9.17) is 5.73 Å². The zero-order valence-corrected chi connectivity index (χ0v) is 9.05. The van der Waals surface area contributed by atoms with Crippen LogP contribution >= 0.6 is 0 Å². The minimum atomic E-state index is -4.38. The second-order valence-corrected chi connectivity index (χ2v) is 4.04. The van der Waals surface area contributed by atoms with Crippen molar-refractivity contribution >= 4 is 6.03 Å². The molecule has 0 bridgehead atoms. The molecule has 1 saturated heterocycles. The van der Waals surface area contributed by atoms with Crippen LogP contribution in [0, 0.1) is 5.92 Å². The lowest BCUT2D eigenvalue weighted by Crippen LogP contribution is -2.49. The molecule has 94 valence electrons. The van der Waals surface area contributed by atoms with E-state index in [9.17, 15) is 18.0 Å². The van der Waals surface area contributed by atoms with Gasteiger partial charge in [-0.3, -0.25) is 0 Å². The van der Waals surface area contributed by atoms with Gasteiger partial charge in [0.25, 0.3) is 0 Å². The van der Waals surface area contributed by atoms with Crippen molar-refractivity contribution in [2.24, 2.45) is 11.7 Å². The Morgan fingerprint density at radius 3 is 2.69 bits per heavy atom. The number of nitrogens with one attached hydrogen (secondary N) is 1. The fraction of sp³-hybridized carbons (Fsp3) is 0.889. The van der Waals surface area contributed by atoms with Gasteiger partial charge in [-0.05, 0) is 12.3 Å². The van der Waals surface area contributed by atoms with Gasteiger partial charge in [-0.15, -0.1) is 0 Å². The minimum absolute atomic E-state index is 0.159. The average molecular weight is 239 g/mol. The number of nitrogens with two attached hydrogens (primary N) is 1. The molecule has 1 rings (SSSR count). The van der Waals surface area contributed by atoms with Crippen LogP contribution in [0.5, 0.6) is 0 Å². The van der Waals surface area contributed by atoms with Crippen molar-refractivity contribution in [1.29, 1.82) is 0 Å². The molecular formula is C9H16F3N3O. The number of carbonyl (C=O) groups is 1. The zero-order chi connectivity index (χ0) is 12.3. The van der Waals surface area contributed by atoms with Crippen LogP contribution in [-0.4, -0.2) is 42.8 Å². The molecule has 16 heavy (non-hydrogen) atoms. The van der Waals surface area contributed by atoms with Gasteiger partial charge in [0.1, 0.15) is 6.54 Å². The van der Waals surface area contributed by atoms with E-state index < -0.39 is 18.8 Å². The van der Waals surface area contributed by atoms with Gasteiger partial charge in [0.05, 0.1) is 0 Å². The molecule has 7 heteroatoms. The first-order valence-corrected chi connectivity index (χ1v) is 5.16. The largest absolute Gasteiger partial charge is 0.405 e. The SMILES string of the molecule is CC1CCN(C(=O)NCC(F)(F)F)C1CN. The first-order chi connectivity index (χ1) is 7.35. The van der Waals surface area contributed by atoms with E-state index in [1.807, 2.05) is 12.2 Å². The molecule has 2 atom stereocenters. The van der Waals surface area contributed by atoms with Crippen LogP contribution in [0.25, 0.3) is 0 Å². The number of hydrogen-bond donors (Lipinski definition) is 2. The van der Waals surface area contributed by atoms with Crippen molar-refractivity contribution in [2.45, 2.75) is 25.6 Å². The Kier molecular flexibility index (Phi) is 4.01. The van der Waals surface area contributed by atoms with E-state index >= 15 is 0 Å². The third-order valence-corrected chi connectivity index (χ3v) is 2.82. The molecule has 2 amide bonds. The number of urea groups is 1. The summed E-state index contributed by atoms with van der Waals surface area (Å²) in [5, 5.41) is 1.86. The number of amides is 2. The molecule has 2 unspecified atom stereocenters. The van der Waals surface area contributed by atoms with Crippen LogP contribution in [0.15, 0.2) is 0 Å². The van der Waals surface area contributed by atoms with Gasteiger partial charge in [0, 0.05) is 19.1 Å². The molecule has 0 saturated carbocycles. The van der Waals surface area contributed by atoms with E-state index in [0.717, 1.165) is 6.42 Å². The molecule has 1 fully saturated rings. The van der Waals surface area contributed by atoms with Crippen LogP contribution < -0.4 is 11.1 Å². The minimum Gasteiger partial charge on any atom is -0.329 e. The molecule has 1 aliphatic heterocycles. The highest BCUT2D eigenvalue weighted by atomic mass is 19.4. The molecular weight excluding hydrogens is 223 g/mol. The van der Waals surface area contributed by atoms with Crippen molar-refractivity contribution in [3.63, 3.8) is 0 Å². The smallest absolute Gasteiger partial charge is 0.329 e. The quantitative estimate of drug-likeness (QED) is 0.753. The molecule has 1 aliphatic rings. The second-order valence-electron chi connectivity index (χ2n) is 4.04. The molecule has 1 heterocycles. The van der Waals surface area contributed by atoms with Crippen molar-refractivity contribution < 1.29 is 18.0 Å². The highest BCUT2D eigenvalue weighted by Crippen LogP contribution is 2.23. The maximum Gasteiger partial charge on any atom is 0.405 e. The summed E-state index contributed by atoms with van der Waals surface area (Å²) >= 11 is 0. The number of rotatable bonds is 2. The monoisotopic (exact) mass is 239 g/mol. The number of alkyl halides is 3. The van der Waals surface area contributed by atoms with E-state index in [1.165, 1.54) is 4.90 Å². The van der Waals surface area contributed by atoms with Gasteiger partial charge >= 0.3 is 12.2 Å². The summed E-state index contributed by atoms with van der Waals surface area (Å²) in [7, 11) is 0. The highest BCUT2D eigenvalue weighted by molar-refractivity contribution is 5.75. The van der Waals surface area contributed by atoms with Crippen LogP contribution in [0.3, 0.4) is 0 Å². The molecule has 4 nitrogen and oxygen atoms in total. The lowest BCUT2D eigenvalue weighted by atomic mass is 10.0. The molecule has 0 radical (unpaired) electrons. The Morgan fingerprint density at radius 2 is 2.19 bits per heavy atom. The van der Waals surface area contributed by atoms with Crippen LogP contribution in [-0.2, 0) is 0 Å². The number of likely N-dealkylation sites (tertiary alicyclic amines) is 1. The Balaban J connectivity index is 2.48. The lowest BCUT2D eigenvalue weighted by Gasteiger charge is -2.26. The topological polar surface area (TPSA) is 58.4 Å². The summed E-state index contributed by atoms with van der Waals surface area (Å²) in [5.74, 6) is 0.238. The molecule has 0 spiro atoms. The predicted molar refractivity (Wildman–Crippen MR) is 52.8 cm³/mol. The fourth-order valence-corrected chi connectivity index (χ4v) is 1.90. The van der Waals surface area contributed by atoms with Crippen molar-refractivity contribution in [1.82, 2.24) is 10.2 Å². The number of hydrogen-bond acceptors (Lipinski definition) is 2. The van der Waals surface area contributed by atoms with Gasteiger partial charge in [0.2, 0.25) is 0 Å². The summed E-state index contributed by atoms with van der Waals surface area (Å²) < 4.78 is 35.7. The third kappa shape index (κ3) is 3.26. The summed E-state index contributed by atoms with van der Waals surface area (Å²) in [6, 6.07) is -0.842. The standard InChI is InChI=1S/C9H16F3N3O/c1-6-2-3-15(7(6)4-13)8(16)14-5-9(10,11)12/h6-7H,2-5,13H2,1H3,(H,14,16). The number of nitrogens with zero attached hydrogens (tertiary/aromatic N) is 1. The maximum absolute atomic E-state index is 11.9. The molecule has 0 aromatic heterocycles. The van der Waals surface area contributed by atoms with E-state index in [-0.39, 0.29) is 18.5 Å². The number of halogens is 3. The second kappa shape index (κ2) is 4.90. The molecule has 3 N–H and O–H groups in total. The third-order valence-electron chi connectivity index (χ3n) is 2.82. The van der Waals surface area contributed by atoms with E-state index in [2.05, 4.69) is 0 Å². The lowest BCUT2D eigenvalue weighted by molar-refractivity contribution is -0.123. The van der Waals surface area contributed by atoms with Gasteiger partial charge in [-0.1, -0.05) is 6.92 Å². The summed E-state index contributed by atoms with van der Waals surface area (Å²) in [6.07, 6.45) is -3.60.